The Hall–Kier alpha value is -3.22. The number of hydrazone groups is 1. The van der Waals surface area contributed by atoms with E-state index in [2.05, 4.69) is 15.8 Å². The molecule has 0 saturated carbocycles. The monoisotopic (exact) mass is 399 g/mol. The van der Waals surface area contributed by atoms with Crippen molar-refractivity contribution >= 4 is 18.0 Å². The van der Waals surface area contributed by atoms with E-state index >= 15 is 0 Å². The second-order valence-electron chi connectivity index (χ2n) is 6.83. The molecule has 0 aliphatic heterocycles. The summed E-state index contributed by atoms with van der Waals surface area (Å²) in [7, 11) is 0. The molecule has 0 heterocycles. The number of benzene rings is 2. The van der Waals surface area contributed by atoms with Crippen molar-refractivity contribution in [2.24, 2.45) is 11.0 Å². The number of carbonyl (C=O) groups is 2. The molecule has 6 nitrogen and oxygen atoms in total. The zero-order valence-corrected chi connectivity index (χ0v) is 16.8. The molecule has 0 bridgehead atoms. The zero-order valence-electron chi connectivity index (χ0n) is 16.8. The third-order valence-corrected chi connectivity index (χ3v) is 4.07. The van der Waals surface area contributed by atoms with Crippen molar-refractivity contribution in [3.63, 3.8) is 0 Å². The molecule has 2 rings (SSSR count). The molecular formula is C22H26FN3O3. The van der Waals surface area contributed by atoms with Gasteiger partial charge in [-0.3, -0.25) is 9.59 Å². The minimum Gasteiger partial charge on any atom is -0.494 e. The summed E-state index contributed by atoms with van der Waals surface area (Å²) in [5, 5.41) is 6.53. The Morgan fingerprint density at radius 1 is 1.17 bits per heavy atom. The van der Waals surface area contributed by atoms with Crippen LogP contribution in [0.15, 0.2) is 53.6 Å². The lowest BCUT2D eigenvalue weighted by molar-refractivity contribution is -0.123. The van der Waals surface area contributed by atoms with Crippen molar-refractivity contribution in [3.8, 4) is 5.75 Å². The second kappa shape index (κ2) is 10.9. The van der Waals surface area contributed by atoms with E-state index in [-0.39, 0.29) is 11.5 Å². The molecule has 0 radical (unpaired) electrons. The molecule has 0 aromatic heterocycles. The minimum atomic E-state index is -0.863. The maximum absolute atomic E-state index is 13.8. The van der Waals surface area contributed by atoms with Crippen molar-refractivity contribution in [2.45, 2.75) is 33.2 Å². The summed E-state index contributed by atoms with van der Waals surface area (Å²) >= 11 is 0. The van der Waals surface area contributed by atoms with Gasteiger partial charge in [0.2, 0.25) is 0 Å². The Labute approximate surface area is 170 Å². The van der Waals surface area contributed by atoms with E-state index in [9.17, 15) is 14.0 Å². The molecule has 2 amide bonds. The van der Waals surface area contributed by atoms with Crippen molar-refractivity contribution in [1.29, 1.82) is 0 Å². The Morgan fingerprint density at radius 2 is 1.93 bits per heavy atom. The van der Waals surface area contributed by atoms with Crippen molar-refractivity contribution < 1.29 is 18.7 Å². The van der Waals surface area contributed by atoms with Gasteiger partial charge in [-0.1, -0.05) is 45.0 Å². The molecule has 1 unspecified atom stereocenters. The summed E-state index contributed by atoms with van der Waals surface area (Å²) in [5.41, 5.74) is 3.07. The summed E-state index contributed by atoms with van der Waals surface area (Å²) in [6.45, 7) is 6.21. The van der Waals surface area contributed by atoms with Gasteiger partial charge in [-0.15, -0.1) is 0 Å². The normalized spacial score (nSPS) is 12.0. The van der Waals surface area contributed by atoms with Crippen LogP contribution in [0.2, 0.25) is 0 Å². The standard InChI is InChI=1S/C22H26FN3O3/c1-4-12-29-17-9-7-8-16(13-17)14-24-26-22(28)20(15(2)3)25-21(27)18-10-5-6-11-19(18)23/h5-11,13-15,20H,4,12H2,1-3H3,(H,25,27)(H,26,28)/b24-14+. The van der Waals surface area contributed by atoms with Crippen LogP contribution in [0.25, 0.3) is 0 Å². The lowest BCUT2D eigenvalue weighted by Crippen LogP contribution is -2.48. The number of nitrogens with zero attached hydrogens (tertiary/aromatic N) is 1. The van der Waals surface area contributed by atoms with Crippen molar-refractivity contribution in [1.82, 2.24) is 10.7 Å². The van der Waals surface area contributed by atoms with E-state index in [0.29, 0.717) is 6.61 Å². The molecule has 0 spiro atoms. The molecule has 7 heteroatoms. The third-order valence-electron chi connectivity index (χ3n) is 4.07. The van der Waals surface area contributed by atoms with Crippen LogP contribution in [-0.4, -0.2) is 30.7 Å². The van der Waals surface area contributed by atoms with Crippen LogP contribution in [0.1, 0.15) is 43.1 Å². The van der Waals surface area contributed by atoms with Crippen molar-refractivity contribution in [2.75, 3.05) is 6.61 Å². The predicted octanol–water partition coefficient (Wildman–Crippen LogP) is 3.52. The Morgan fingerprint density at radius 3 is 2.62 bits per heavy atom. The average Bonchev–Trinajstić information content (AvgIpc) is 2.70. The smallest absolute Gasteiger partial charge is 0.262 e. The second-order valence-corrected chi connectivity index (χ2v) is 6.83. The first-order chi connectivity index (χ1) is 13.9. The molecular weight excluding hydrogens is 373 g/mol. The van der Waals surface area contributed by atoms with Gasteiger partial charge < -0.3 is 10.1 Å². The lowest BCUT2D eigenvalue weighted by atomic mass is 10.0. The molecule has 1 atom stereocenters. The van der Waals surface area contributed by atoms with Crippen LogP contribution in [-0.2, 0) is 4.79 Å². The Bertz CT molecular complexity index is 868. The zero-order chi connectivity index (χ0) is 21.2. The van der Waals surface area contributed by atoms with E-state index in [1.807, 2.05) is 31.2 Å². The highest BCUT2D eigenvalue weighted by atomic mass is 19.1. The minimum absolute atomic E-state index is 0.113. The first-order valence-corrected chi connectivity index (χ1v) is 9.53. The number of nitrogens with one attached hydrogen (secondary N) is 2. The van der Waals surface area contributed by atoms with Crippen LogP contribution in [0, 0.1) is 11.7 Å². The number of ether oxygens (including phenoxy) is 1. The van der Waals surface area contributed by atoms with Gasteiger partial charge in [0.25, 0.3) is 11.8 Å². The van der Waals surface area contributed by atoms with E-state index in [0.717, 1.165) is 17.7 Å². The largest absolute Gasteiger partial charge is 0.494 e. The summed E-state index contributed by atoms with van der Waals surface area (Å²) < 4.78 is 19.4. The summed E-state index contributed by atoms with van der Waals surface area (Å²) in [6.07, 6.45) is 2.40. The molecule has 0 fully saturated rings. The number of halogens is 1. The van der Waals surface area contributed by atoms with Crippen LogP contribution in [0.3, 0.4) is 0 Å². The molecule has 2 N–H and O–H groups in total. The summed E-state index contributed by atoms with van der Waals surface area (Å²) in [6, 6.07) is 12.1. The van der Waals surface area contributed by atoms with Gasteiger partial charge >= 0.3 is 0 Å². The molecule has 154 valence electrons. The number of rotatable bonds is 9. The highest BCUT2D eigenvalue weighted by Gasteiger charge is 2.25. The van der Waals surface area contributed by atoms with Gasteiger partial charge in [-0.05, 0) is 42.2 Å². The van der Waals surface area contributed by atoms with E-state index in [1.54, 1.807) is 19.9 Å². The quantitative estimate of drug-likeness (QED) is 0.500. The first-order valence-electron chi connectivity index (χ1n) is 9.53. The summed E-state index contributed by atoms with van der Waals surface area (Å²) in [5.74, 6) is -1.27. The third kappa shape index (κ3) is 6.71. The molecule has 0 aliphatic carbocycles. The van der Waals surface area contributed by atoms with Gasteiger partial charge in [-0.25, -0.2) is 9.82 Å². The van der Waals surface area contributed by atoms with Crippen molar-refractivity contribution in [3.05, 3.63) is 65.5 Å². The first kappa shape index (κ1) is 22.1. The predicted molar refractivity (Wildman–Crippen MR) is 110 cm³/mol. The Kier molecular flexibility index (Phi) is 8.33. The molecule has 2 aromatic carbocycles. The fourth-order valence-electron chi connectivity index (χ4n) is 2.54. The van der Waals surface area contributed by atoms with Crippen LogP contribution < -0.4 is 15.5 Å². The molecule has 0 saturated heterocycles. The number of hydrogen-bond donors (Lipinski definition) is 2. The highest BCUT2D eigenvalue weighted by molar-refractivity contribution is 5.98. The lowest BCUT2D eigenvalue weighted by Gasteiger charge is -2.20. The molecule has 0 aliphatic rings. The Balaban J connectivity index is 2.00. The average molecular weight is 399 g/mol. The summed E-state index contributed by atoms with van der Waals surface area (Å²) in [4.78, 5) is 24.8. The van der Waals surface area contributed by atoms with E-state index in [1.165, 1.54) is 24.4 Å². The van der Waals surface area contributed by atoms with E-state index in [4.69, 9.17) is 4.74 Å². The van der Waals surface area contributed by atoms with Gasteiger partial charge in [0.15, 0.2) is 0 Å². The fraction of sp³-hybridized carbons (Fsp3) is 0.318. The van der Waals surface area contributed by atoms with Gasteiger partial charge in [0, 0.05) is 0 Å². The van der Waals surface area contributed by atoms with Crippen LogP contribution in [0.4, 0.5) is 4.39 Å². The number of carbonyl (C=O) groups excluding carboxylic acids is 2. The number of hydrogen-bond acceptors (Lipinski definition) is 4. The maximum Gasteiger partial charge on any atom is 0.262 e. The van der Waals surface area contributed by atoms with Crippen LogP contribution in [0.5, 0.6) is 5.75 Å². The SMILES string of the molecule is CCCOc1cccc(/C=N/NC(=O)C(NC(=O)c2ccccc2F)C(C)C)c1. The van der Waals surface area contributed by atoms with Gasteiger partial charge in [-0.2, -0.15) is 5.10 Å². The van der Waals surface area contributed by atoms with Crippen LogP contribution >= 0.6 is 0 Å². The molecule has 2 aromatic rings. The maximum atomic E-state index is 13.8. The highest BCUT2D eigenvalue weighted by Crippen LogP contribution is 2.12. The van der Waals surface area contributed by atoms with E-state index < -0.39 is 23.7 Å². The molecule has 29 heavy (non-hydrogen) atoms. The fourth-order valence-corrected chi connectivity index (χ4v) is 2.54. The van der Waals surface area contributed by atoms with Gasteiger partial charge in [0.1, 0.15) is 17.6 Å². The topological polar surface area (TPSA) is 79.8 Å². The van der Waals surface area contributed by atoms with Gasteiger partial charge in [0.05, 0.1) is 18.4 Å². The number of amides is 2.